The zero-order valence-corrected chi connectivity index (χ0v) is 15.1. The molecule has 0 saturated heterocycles. The third-order valence-electron chi connectivity index (χ3n) is 3.77. The summed E-state index contributed by atoms with van der Waals surface area (Å²) in [7, 11) is 1.62. The summed E-state index contributed by atoms with van der Waals surface area (Å²) in [5, 5.41) is 9.95. The summed E-state index contributed by atoms with van der Waals surface area (Å²) >= 11 is 1.51. The number of aromatic nitrogens is 4. The van der Waals surface area contributed by atoms with Gasteiger partial charge in [-0.2, -0.15) is 5.10 Å². The Morgan fingerprint density at radius 1 is 1.36 bits per heavy atom. The fourth-order valence-electron chi connectivity index (χ4n) is 2.50. The smallest absolute Gasteiger partial charge is 0.263 e. The highest BCUT2D eigenvalue weighted by molar-refractivity contribution is 7.12. The quantitative estimate of drug-likeness (QED) is 0.752. The van der Waals surface area contributed by atoms with Crippen molar-refractivity contribution in [3.63, 3.8) is 0 Å². The Hall–Kier alpha value is -2.74. The maximum absolute atomic E-state index is 12.1. The van der Waals surface area contributed by atoms with Gasteiger partial charge in [0, 0.05) is 37.3 Å². The lowest BCUT2D eigenvalue weighted by molar-refractivity contribution is 0.0952. The lowest BCUT2D eigenvalue weighted by Gasteiger charge is -2.05. The van der Waals surface area contributed by atoms with E-state index in [1.165, 1.54) is 22.0 Å². The van der Waals surface area contributed by atoms with Gasteiger partial charge < -0.3 is 9.88 Å². The van der Waals surface area contributed by atoms with E-state index in [9.17, 15) is 9.59 Å². The molecule has 0 radical (unpaired) electrons. The SMILES string of the molecule is Cc1cc(C)n(-c2nc(CCNC(=O)c3cccn(C)c3=O)cs2)n1. The van der Waals surface area contributed by atoms with Crippen LogP contribution in [-0.4, -0.2) is 31.8 Å². The van der Waals surface area contributed by atoms with Crippen molar-refractivity contribution in [3.05, 3.63) is 62.8 Å². The number of nitrogens with zero attached hydrogens (tertiary/aromatic N) is 4. The van der Waals surface area contributed by atoms with E-state index in [2.05, 4.69) is 15.4 Å². The number of pyridine rings is 1. The van der Waals surface area contributed by atoms with Gasteiger partial charge in [-0.25, -0.2) is 9.67 Å². The summed E-state index contributed by atoms with van der Waals surface area (Å²) in [5.41, 5.74) is 2.71. The number of thiazole rings is 1. The van der Waals surface area contributed by atoms with Gasteiger partial charge in [0.05, 0.1) is 11.4 Å². The summed E-state index contributed by atoms with van der Waals surface area (Å²) in [6.45, 7) is 4.35. The monoisotopic (exact) mass is 357 g/mol. The molecule has 3 rings (SSSR count). The maximum atomic E-state index is 12.1. The Kier molecular flexibility index (Phi) is 4.80. The van der Waals surface area contributed by atoms with E-state index >= 15 is 0 Å². The van der Waals surface area contributed by atoms with Crippen LogP contribution in [0.25, 0.3) is 5.13 Å². The van der Waals surface area contributed by atoms with E-state index in [0.29, 0.717) is 13.0 Å². The highest BCUT2D eigenvalue weighted by Crippen LogP contribution is 2.17. The van der Waals surface area contributed by atoms with Crippen LogP contribution in [0.2, 0.25) is 0 Å². The van der Waals surface area contributed by atoms with E-state index in [-0.39, 0.29) is 17.0 Å². The zero-order chi connectivity index (χ0) is 18.0. The number of nitrogens with one attached hydrogen (secondary N) is 1. The predicted molar refractivity (Wildman–Crippen MR) is 96.4 cm³/mol. The molecule has 0 unspecified atom stereocenters. The van der Waals surface area contributed by atoms with Gasteiger partial charge >= 0.3 is 0 Å². The van der Waals surface area contributed by atoms with Crippen LogP contribution in [0, 0.1) is 13.8 Å². The van der Waals surface area contributed by atoms with Crippen molar-refractivity contribution in [2.45, 2.75) is 20.3 Å². The minimum atomic E-state index is -0.366. The van der Waals surface area contributed by atoms with E-state index in [1.807, 2.05) is 30.0 Å². The highest BCUT2D eigenvalue weighted by Gasteiger charge is 2.12. The van der Waals surface area contributed by atoms with Gasteiger partial charge in [0.25, 0.3) is 11.5 Å². The Morgan fingerprint density at radius 3 is 2.88 bits per heavy atom. The lowest BCUT2D eigenvalue weighted by atomic mass is 10.2. The van der Waals surface area contributed by atoms with Crippen LogP contribution in [0.5, 0.6) is 0 Å². The normalized spacial score (nSPS) is 10.8. The van der Waals surface area contributed by atoms with Gasteiger partial charge in [-0.15, -0.1) is 11.3 Å². The molecule has 8 heteroatoms. The number of hydrogen-bond donors (Lipinski definition) is 1. The molecule has 0 spiro atoms. The standard InChI is InChI=1S/C17H19N5O2S/c1-11-9-12(2)22(20-11)17-19-13(10-25-17)6-7-18-15(23)14-5-4-8-21(3)16(14)24/h4-5,8-10H,6-7H2,1-3H3,(H,18,23). The molecule has 3 aromatic rings. The first kappa shape index (κ1) is 17.1. The summed E-state index contributed by atoms with van der Waals surface area (Å²) in [4.78, 5) is 28.6. The number of aryl methyl sites for hydroxylation is 3. The summed E-state index contributed by atoms with van der Waals surface area (Å²) < 4.78 is 3.20. The first-order valence-corrected chi connectivity index (χ1v) is 8.75. The van der Waals surface area contributed by atoms with Gasteiger partial charge in [-0.3, -0.25) is 9.59 Å². The molecule has 0 aliphatic carbocycles. The first-order valence-electron chi connectivity index (χ1n) is 7.87. The number of rotatable bonds is 5. The molecule has 0 aliphatic rings. The van der Waals surface area contributed by atoms with Crippen LogP contribution >= 0.6 is 11.3 Å². The van der Waals surface area contributed by atoms with E-state index < -0.39 is 0 Å². The predicted octanol–water partition coefficient (Wildman–Crippen LogP) is 1.62. The van der Waals surface area contributed by atoms with Crippen molar-refractivity contribution in [2.24, 2.45) is 7.05 Å². The zero-order valence-electron chi connectivity index (χ0n) is 14.3. The molecular formula is C17H19N5O2S. The fourth-order valence-corrected chi connectivity index (χ4v) is 3.37. The van der Waals surface area contributed by atoms with Gasteiger partial charge in [0.15, 0.2) is 0 Å². The van der Waals surface area contributed by atoms with Crippen molar-refractivity contribution >= 4 is 17.2 Å². The van der Waals surface area contributed by atoms with Crippen LogP contribution in [0.3, 0.4) is 0 Å². The molecule has 3 heterocycles. The molecule has 130 valence electrons. The molecule has 0 atom stereocenters. The second-order valence-electron chi connectivity index (χ2n) is 5.80. The third-order valence-corrected chi connectivity index (χ3v) is 4.63. The highest BCUT2D eigenvalue weighted by atomic mass is 32.1. The molecule has 0 aromatic carbocycles. The lowest BCUT2D eigenvalue weighted by Crippen LogP contribution is -2.32. The Bertz CT molecular complexity index is 970. The molecule has 7 nitrogen and oxygen atoms in total. The number of hydrogen-bond acceptors (Lipinski definition) is 5. The van der Waals surface area contributed by atoms with Crippen LogP contribution in [0.1, 0.15) is 27.4 Å². The largest absolute Gasteiger partial charge is 0.351 e. The molecule has 1 amide bonds. The number of carbonyl (C=O) groups is 1. The van der Waals surface area contributed by atoms with Crippen molar-refractivity contribution in [1.82, 2.24) is 24.6 Å². The molecule has 0 saturated carbocycles. The second-order valence-corrected chi connectivity index (χ2v) is 6.64. The topological polar surface area (TPSA) is 81.8 Å². The fraction of sp³-hybridized carbons (Fsp3) is 0.294. The molecule has 25 heavy (non-hydrogen) atoms. The van der Waals surface area contributed by atoms with Crippen LogP contribution in [-0.2, 0) is 13.5 Å². The van der Waals surface area contributed by atoms with E-state index in [0.717, 1.165) is 22.2 Å². The van der Waals surface area contributed by atoms with Gasteiger partial charge in [-0.1, -0.05) is 0 Å². The molecule has 0 aliphatic heterocycles. The minimum Gasteiger partial charge on any atom is -0.351 e. The molecule has 3 aromatic heterocycles. The average Bonchev–Trinajstić information content (AvgIpc) is 3.16. The maximum Gasteiger partial charge on any atom is 0.263 e. The summed E-state index contributed by atoms with van der Waals surface area (Å²) in [6.07, 6.45) is 2.21. The Morgan fingerprint density at radius 2 is 2.16 bits per heavy atom. The summed E-state index contributed by atoms with van der Waals surface area (Å²) in [6, 6.07) is 5.21. The van der Waals surface area contributed by atoms with Crippen LogP contribution < -0.4 is 10.9 Å². The van der Waals surface area contributed by atoms with Gasteiger partial charge in [0.2, 0.25) is 5.13 Å². The first-order chi connectivity index (χ1) is 12.0. The van der Waals surface area contributed by atoms with Gasteiger partial charge in [0.1, 0.15) is 5.56 Å². The number of carbonyl (C=O) groups excluding carboxylic acids is 1. The molecule has 0 fully saturated rings. The average molecular weight is 357 g/mol. The molecule has 1 N–H and O–H groups in total. The number of amides is 1. The van der Waals surface area contributed by atoms with Crippen molar-refractivity contribution < 1.29 is 4.79 Å². The molecule has 0 bridgehead atoms. The summed E-state index contributed by atoms with van der Waals surface area (Å²) in [5.74, 6) is -0.366. The third kappa shape index (κ3) is 3.69. The Labute approximate surface area is 149 Å². The molecular weight excluding hydrogens is 338 g/mol. The Balaban J connectivity index is 1.61. The van der Waals surface area contributed by atoms with Gasteiger partial charge in [-0.05, 0) is 32.0 Å². The van der Waals surface area contributed by atoms with Crippen LogP contribution in [0.4, 0.5) is 0 Å². The van der Waals surface area contributed by atoms with Crippen molar-refractivity contribution in [3.8, 4) is 5.13 Å². The van der Waals surface area contributed by atoms with E-state index in [4.69, 9.17) is 0 Å². The van der Waals surface area contributed by atoms with Crippen LogP contribution in [0.15, 0.2) is 34.6 Å². The van der Waals surface area contributed by atoms with Crippen molar-refractivity contribution in [2.75, 3.05) is 6.54 Å². The minimum absolute atomic E-state index is 0.145. The second kappa shape index (κ2) is 7.02. The van der Waals surface area contributed by atoms with Crippen molar-refractivity contribution in [1.29, 1.82) is 0 Å². The van der Waals surface area contributed by atoms with E-state index in [1.54, 1.807) is 19.3 Å².